The predicted octanol–water partition coefficient (Wildman–Crippen LogP) is 2.62. The lowest BCUT2D eigenvalue weighted by atomic mass is 10.2. The predicted molar refractivity (Wildman–Crippen MR) is 75.4 cm³/mol. The van der Waals surface area contributed by atoms with Crippen LogP contribution in [0.5, 0.6) is 5.88 Å². The second-order valence-corrected chi connectivity index (χ2v) is 5.19. The van der Waals surface area contributed by atoms with E-state index >= 15 is 0 Å². The summed E-state index contributed by atoms with van der Waals surface area (Å²) in [4.78, 5) is 9.29. The maximum Gasteiger partial charge on any atom is 0.238 e. The second kappa shape index (κ2) is 6.54. The standard InChI is InChI=1S/C14H16N2O2S/c1-10-4-3-5-11(8-10)19-9-12(17)13-14(18-2)16-7-6-15-13/h3-8,12,17H,9H2,1-2H3. The molecule has 1 heterocycles. The molecule has 0 saturated heterocycles. The molecule has 100 valence electrons. The van der Waals surface area contributed by atoms with Gasteiger partial charge in [-0.05, 0) is 19.1 Å². The first-order chi connectivity index (χ1) is 9.20. The largest absolute Gasteiger partial charge is 0.480 e. The molecule has 0 bridgehead atoms. The third-order valence-electron chi connectivity index (χ3n) is 2.60. The molecule has 0 saturated carbocycles. The van der Waals surface area contributed by atoms with Crippen LogP contribution in [-0.2, 0) is 0 Å². The van der Waals surface area contributed by atoms with Gasteiger partial charge in [0.05, 0.1) is 7.11 Å². The molecule has 0 radical (unpaired) electrons. The number of thioether (sulfide) groups is 1. The zero-order valence-corrected chi connectivity index (χ0v) is 11.7. The monoisotopic (exact) mass is 276 g/mol. The van der Waals surface area contributed by atoms with E-state index in [1.54, 1.807) is 24.2 Å². The summed E-state index contributed by atoms with van der Waals surface area (Å²) in [6, 6.07) is 8.17. The minimum Gasteiger partial charge on any atom is -0.480 e. The fourth-order valence-corrected chi connectivity index (χ4v) is 2.63. The van der Waals surface area contributed by atoms with Crippen LogP contribution in [0.25, 0.3) is 0 Å². The van der Waals surface area contributed by atoms with Crippen molar-refractivity contribution in [3.05, 3.63) is 47.9 Å². The summed E-state index contributed by atoms with van der Waals surface area (Å²) in [6.07, 6.45) is 2.40. The Kier molecular flexibility index (Phi) is 4.76. The third-order valence-corrected chi connectivity index (χ3v) is 3.67. The number of aromatic nitrogens is 2. The van der Waals surface area contributed by atoms with Crippen LogP contribution in [0.15, 0.2) is 41.6 Å². The average Bonchev–Trinajstić information content (AvgIpc) is 2.45. The van der Waals surface area contributed by atoms with Gasteiger partial charge in [0, 0.05) is 23.0 Å². The number of hydrogen-bond donors (Lipinski definition) is 1. The van der Waals surface area contributed by atoms with Crippen LogP contribution in [-0.4, -0.2) is 27.9 Å². The van der Waals surface area contributed by atoms with Crippen molar-refractivity contribution in [1.82, 2.24) is 9.97 Å². The quantitative estimate of drug-likeness (QED) is 0.851. The number of aliphatic hydroxyl groups is 1. The number of methoxy groups -OCH3 is 1. The molecule has 0 aliphatic carbocycles. The topological polar surface area (TPSA) is 55.2 Å². The first-order valence-electron chi connectivity index (χ1n) is 5.93. The van der Waals surface area contributed by atoms with E-state index in [1.807, 2.05) is 25.1 Å². The first-order valence-corrected chi connectivity index (χ1v) is 6.91. The molecule has 1 N–H and O–H groups in total. The van der Waals surface area contributed by atoms with Crippen molar-refractivity contribution in [1.29, 1.82) is 0 Å². The molecular formula is C14H16N2O2S. The molecule has 2 aromatic rings. The van der Waals surface area contributed by atoms with Crippen molar-refractivity contribution < 1.29 is 9.84 Å². The average molecular weight is 276 g/mol. The molecule has 0 aliphatic rings. The van der Waals surface area contributed by atoms with E-state index in [2.05, 4.69) is 16.0 Å². The van der Waals surface area contributed by atoms with Gasteiger partial charge in [-0.2, -0.15) is 0 Å². The SMILES string of the molecule is COc1nccnc1C(O)CSc1cccc(C)c1. The van der Waals surface area contributed by atoms with Gasteiger partial charge in [-0.15, -0.1) is 11.8 Å². The van der Waals surface area contributed by atoms with Crippen LogP contribution >= 0.6 is 11.8 Å². The van der Waals surface area contributed by atoms with Crippen molar-refractivity contribution in [2.75, 3.05) is 12.9 Å². The number of aryl methyl sites for hydroxylation is 1. The highest BCUT2D eigenvalue weighted by Gasteiger charge is 2.16. The molecule has 19 heavy (non-hydrogen) atoms. The number of ether oxygens (including phenoxy) is 1. The van der Waals surface area contributed by atoms with Crippen LogP contribution in [0.2, 0.25) is 0 Å². The normalized spacial score (nSPS) is 12.2. The molecular weight excluding hydrogens is 260 g/mol. The van der Waals surface area contributed by atoms with Crippen molar-refractivity contribution >= 4 is 11.8 Å². The highest BCUT2D eigenvalue weighted by atomic mass is 32.2. The molecule has 1 aromatic heterocycles. The molecule has 0 amide bonds. The van der Waals surface area contributed by atoms with E-state index < -0.39 is 6.10 Å². The number of nitrogens with zero attached hydrogens (tertiary/aromatic N) is 2. The highest BCUT2D eigenvalue weighted by Crippen LogP contribution is 2.27. The molecule has 0 fully saturated rings. The molecule has 5 heteroatoms. The van der Waals surface area contributed by atoms with Crippen LogP contribution in [0.3, 0.4) is 0 Å². The summed E-state index contributed by atoms with van der Waals surface area (Å²) < 4.78 is 5.09. The van der Waals surface area contributed by atoms with Gasteiger partial charge in [0.25, 0.3) is 0 Å². The minimum atomic E-state index is -0.700. The number of hydrogen-bond acceptors (Lipinski definition) is 5. The van der Waals surface area contributed by atoms with Gasteiger partial charge in [-0.1, -0.05) is 17.7 Å². The maximum atomic E-state index is 10.2. The van der Waals surface area contributed by atoms with Gasteiger partial charge in [0.1, 0.15) is 11.8 Å². The van der Waals surface area contributed by atoms with E-state index in [9.17, 15) is 5.11 Å². The van der Waals surface area contributed by atoms with Gasteiger partial charge < -0.3 is 9.84 Å². The Labute approximate surface area is 116 Å². The zero-order valence-electron chi connectivity index (χ0n) is 10.9. The lowest BCUT2D eigenvalue weighted by molar-refractivity contribution is 0.192. The fourth-order valence-electron chi connectivity index (χ4n) is 1.68. The number of aliphatic hydroxyl groups excluding tert-OH is 1. The van der Waals surface area contributed by atoms with Crippen LogP contribution < -0.4 is 4.74 Å². The molecule has 1 aromatic carbocycles. The second-order valence-electron chi connectivity index (χ2n) is 4.09. The molecule has 1 unspecified atom stereocenters. The van der Waals surface area contributed by atoms with Crippen molar-refractivity contribution in [3.8, 4) is 5.88 Å². The first kappa shape index (κ1) is 13.8. The molecule has 0 aliphatic heterocycles. The number of rotatable bonds is 5. The summed E-state index contributed by atoms with van der Waals surface area (Å²) >= 11 is 1.58. The van der Waals surface area contributed by atoms with Crippen LogP contribution in [0.1, 0.15) is 17.4 Å². The lowest BCUT2D eigenvalue weighted by Gasteiger charge is -2.12. The van der Waals surface area contributed by atoms with E-state index in [-0.39, 0.29) is 0 Å². The summed E-state index contributed by atoms with van der Waals surface area (Å²) in [6.45, 7) is 2.05. The molecule has 0 spiro atoms. The Morgan fingerprint density at radius 1 is 1.32 bits per heavy atom. The van der Waals surface area contributed by atoms with Gasteiger partial charge in [-0.25, -0.2) is 4.98 Å². The Hall–Kier alpha value is -1.59. The van der Waals surface area contributed by atoms with Crippen molar-refractivity contribution in [3.63, 3.8) is 0 Å². The molecule has 2 rings (SSSR count). The summed E-state index contributed by atoms with van der Waals surface area (Å²) in [7, 11) is 1.52. The van der Waals surface area contributed by atoms with E-state index in [0.717, 1.165) is 4.90 Å². The van der Waals surface area contributed by atoms with E-state index in [1.165, 1.54) is 12.7 Å². The summed E-state index contributed by atoms with van der Waals surface area (Å²) in [5, 5.41) is 10.2. The van der Waals surface area contributed by atoms with Gasteiger partial charge in [0.15, 0.2) is 0 Å². The van der Waals surface area contributed by atoms with Crippen molar-refractivity contribution in [2.45, 2.75) is 17.9 Å². The van der Waals surface area contributed by atoms with E-state index in [4.69, 9.17) is 4.74 Å². The smallest absolute Gasteiger partial charge is 0.238 e. The van der Waals surface area contributed by atoms with E-state index in [0.29, 0.717) is 17.3 Å². The Morgan fingerprint density at radius 3 is 2.84 bits per heavy atom. The van der Waals surface area contributed by atoms with Crippen molar-refractivity contribution in [2.24, 2.45) is 0 Å². The Morgan fingerprint density at radius 2 is 2.11 bits per heavy atom. The fraction of sp³-hybridized carbons (Fsp3) is 0.286. The van der Waals surface area contributed by atoms with Gasteiger partial charge in [-0.3, -0.25) is 4.98 Å². The highest BCUT2D eigenvalue weighted by molar-refractivity contribution is 7.99. The Balaban J connectivity index is 2.03. The summed E-state index contributed by atoms with van der Waals surface area (Å²) in [5.41, 5.74) is 1.68. The third kappa shape index (κ3) is 3.68. The minimum absolute atomic E-state index is 0.375. The maximum absolute atomic E-state index is 10.2. The molecule has 4 nitrogen and oxygen atoms in total. The van der Waals surface area contributed by atoms with Gasteiger partial charge >= 0.3 is 0 Å². The van der Waals surface area contributed by atoms with Gasteiger partial charge in [0.2, 0.25) is 5.88 Å². The van der Waals surface area contributed by atoms with Crippen LogP contribution in [0, 0.1) is 6.92 Å². The summed E-state index contributed by atoms with van der Waals surface area (Å²) in [5.74, 6) is 0.887. The molecule has 1 atom stereocenters. The lowest BCUT2D eigenvalue weighted by Crippen LogP contribution is -2.07. The zero-order chi connectivity index (χ0) is 13.7. The van der Waals surface area contributed by atoms with Crippen LogP contribution in [0.4, 0.5) is 0 Å². The number of benzene rings is 1. The Bertz CT molecular complexity index is 548.